The van der Waals surface area contributed by atoms with E-state index in [-0.39, 0.29) is 0 Å². The van der Waals surface area contributed by atoms with Gasteiger partial charge in [0.1, 0.15) is 0 Å². The lowest BCUT2D eigenvalue weighted by Gasteiger charge is -2.18. The SMILES string of the molecule is CC(N)CCCN(C)Cc1ccccc1Br. The van der Waals surface area contributed by atoms with Gasteiger partial charge in [-0.1, -0.05) is 34.1 Å². The molecule has 0 saturated carbocycles. The molecule has 0 spiro atoms. The summed E-state index contributed by atoms with van der Waals surface area (Å²) in [6.45, 7) is 4.15. The van der Waals surface area contributed by atoms with Crippen LogP contribution in [0.4, 0.5) is 0 Å². The number of nitrogens with two attached hydrogens (primary N) is 1. The third-order valence-electron chi connectivity index (χ3n) is 2.60. The van der Waals surface area contributed by atoms with Crippen LogP contribution in [-0.4, -0.2) is 24.5 Å². The van der Waals surface area contributed by atoms with Gasteiger partial charge in [0, 0.05) is 17.1 Å². The van der Waals surface area contributed by atoms with Gasteiger partial charge in [0.05, 0.1) is 0 Å². The van der Waals surface area contributed by atoms with Gasteiger partial charge in [0.25, 0.3) is 0 Å². The van der Waals surface area contributed by atoms with Crippen molar-refractivity contribution in [2.45, 2.75) is 32.4 Å². The Balaban J connectivity index is 2.34. The van der Waals surface area contributed by atoms with Gasteiger partial charge in [-0.3, -0.25) is 0 Å². The van der Waals surface area contributed by atoms with Crippen molar-refractivity contribution in [2.24, 2.45) is 5.73 Å². The van der Waals surface area contributed by atoms with Crippen molar-refractivity contribution in [3.63, 3.8) is 0 Å². The van der Waals surface area contributed by atoms with Crippen molar-refractivity contribution >= 4 is 15.9 Å². The summed E-state index contributed by atoms with van der Waals surface area (Å²) in [6, 6.07) is 8.69. The third kappa shape index (κ3) is 5.10. The summed E-state index contributed by atoms with van der Waals surface area (Å²) in [5, 5.41) is 0. The first-order chi connectivity index (χ1) is 7.59. The molecule has 1 aromatic rings. The van der Waals surface area contributed by atoms with Gasteiger partial charge >= 0.3 is 0 Å². The first kappa shape index (κ1) is 13.7. The molecule has 90 valence electrons. The van der Waals surface area contributed by atoms with Crippen LogP contribution >= 0.6 is 15.9 Å². The Bertz CT molecular complexity index is 313. The van der Waals surface area contributed by atoms with Gasteiger partial charge in [-0.05, 0) is 45.0 Å². The average molecular weight is 285 g/mol. The van der Waals surface area contributed by atoms with Crippen molar-refractivity contribution in [2.75, 3.05) is 13.6 Å². The first-order valence-electron chi connectivity index (χ1n) is 5.77. The Labute approximate surface area is 107 Å². The molecule has 0 radical (unpaired) electrons. The van der Waals surface area contributed by atoms with Crippen LogP contribution in [-0.2, 0) is 6.54 Å². The van der Waals surface area contributed by atoms with Crippen LogP contribution in [0, 0.1) is 0 Å². The minimum absolute atomic E-state index is 0.317. The highest BCUT2D eigenvalue weighted by Crippen LogP contribution is 2.17. The summed E-state index contributed by atoms with van der Waals surface area (Å²) in [6.07, 6.45) is 2.26. The molecule has 0 aromatic heterocycles. The quantitative estimate of drug-likeness (QED) is 0.870. The van der Waals surface area contributed by atoms with E-state index in [2.05, 4.69) is 53.0 Å². The lowest BCUT2D eigenvalue weighted by molar-refractivity contribution is 0.314. The molecule has 0 aliphatic rings. The van der Waals surface area contributed by atoms with Gasteiger partial charge < -0.3 is 10.6 Å². The van der Waals surface area contributed by atoms with E-state index < -0.39 is 0 Å². The van der Waals surface area contributed by atoms with E-state index in [9.17, 15) is 0 Å². The summed E-state index contributed by atoms with van der Waals surface area (Å²) in [7, 11) is 2.15. The zero-order valence-corrected chi connectivity index (χ0v) is 11.7. The first-order valence-corrected chi connectivity index (χ1v) is 6.56. The molecule has 3 heteroatoms. The molecule has 1 aromatic carbocycles. The topological polar surface area (TPSA) is 29.3 Å². The maximum absolute atomic E-state index is 5.73. The summed E-state index contributed by atoms with van der Waals surface area (Å²) in [5.74, 6) is 0. The third-order valence-corrected chi connectivity index (χ3v) is 3.37. The van der Waals surface area contributed by atoms with E-state index in [1.165, 1.54) is 16.5 Å². The summed E-state index contributed by atoms with van der Waals surface area (Å²) >= 11 is 3.57. The minimum Gasteiger partial charge on any atom is -0.328 e. The molecule has 1 unspecified atom stereocenters. The number of hydrogen-bond donors (Lipinski definition) is 1. The zero-order valence-electron chi connectivity index (χ0n) is 10.1. The number of halogens is 1. The molecular formula is C13H21BrN2. The number of rotatable bonds is 6. The van der Waals surface area contributed by atoms with Crippen molar-refractivity contribution in [3.05, 3.63) is 34.3 Å². The fraction of sp³-hybridized carbons (Fsp3) is 0.538. The van der Waals surface area contributed by atoms with Gasteiger partial charge in [0.2, 0.25) is 0 Å². The predicted molar refractivity (Wildman–Crippen MR) is 73.4 cm³/mol. The van der Waals surface area contributed by atoms with Gasteiger partial charge in [0.15, 0.2) is 0 Å². The molecule has 2 N–H and O–H groups in total. The largest absolute Gasteiger partial charge is 0.328 e. The number of benzene rings is 1. The second kappa shape index (κ2) is 7.05. The Hall–Kier alpha value is -0.380. The second-order valence-electron chi connectivity index (χ2n) is 4.45. The van der Waals surface area contributed by atoms with E-state index in [1.54, 1.807) is 0 Å². The van der Waals surface area contributed by atoms with Crippen molar-refractivity contribution in [1.82, 2.24) is 4.90 Å². The van der Waals surface area contributed by atoms with E-state index in [4.69, 9.17) is 5.73 Å². The van der Waals surface area contributed by atoms with Crippen LogP contribution in [0.3, 0.4) is 0 Å². The van der Waals surface area contributed by atoms with E-state index in [0.717, 1.165) is 19.5 Å². The highest BCUT2D eigenvalue weighted by Gasteiger charge is 2.03. The molecule has 1 atom stereocenters. The van der Waals surface area contributed by atoms with Crippen LogP contribution < -0.4 is 5.73 Å². The molecule has 0 amide bonds. The van der Waals surface area contributed by atoms with Crippen LogP contribution in [0.25, 0.3) is 0 Å². The maximum atomic E-state index is 5.73. The molecule has 0 saturated heterocycles. The van der Waals surface area contributed by atoms with Gasteiger partial charge in [-0.2, -0.15) is 0 Å². The Morgan fingerprint density at radius 2 is 2.06 bits per heavy atom. The number of nitrogens with zero attached hydrogens (tertiary/aromatic N) is 1. The van der Waals surface area contributed by atoms with Crippen LogP contribution in [0.2, 0.25) is 0 Å². The van der Waals surface area contributed by atoms with Crippen LogP contribution in [0.5, 0.6) is 0 Å². The predicted octanol–water partition coefficient (Wildman–Crippen LogP) is 3.01. The molecular weight excluding hydrogens is 264 g/mol. The van der Waals surface area contributed by atoms with Gasteiger partial charge in [-0.25, -0.2) is 0 Å². The van der Waals surface area contributed by atoms with Gasteiger partial charge in [-0.15, -0.1) is 0 Å². The monoisotopic (exact) mass is 284 g/mol. The Kier molecular flexibility index (Phi) is 6.03. The van der Waals surface area contributed by atoms with Crippen LogP contribution in [0.1, 0.15) is 25.3 Å². The highest BCUT2D eigenvalue weighted by molar-refractivity contribution is 9.10. The number of hydrogen-bond acceptors (Lipinski definition) is 2. The lowest BCUT2D eigenvalue weighted by Crippen LogP contribution is -2.22. The molecule has 0 bridgehead atoms. The molecule has 1 rings (SSSR count). The summed E-state index contributed by atoms with van der Waals surface area (Å²) < 4.78 is 1.19. The summed E-state index contributed by atoms with van der Waals surface area (Å²) in [5.41, 5.74) is 7.07. The molecule has 16 heavy (non-hydrogen) atoms. The second-order valence-corrected chi connectivity index (χ2v) is 5.30. The fourth-order valence-corrected chi connectivity index (χ4v) is 2.09. The fourth-order valence-electron chi connectivity index (χ4n) is 1.68. The lowest BCUT2D eigenvalue weighted by atomic mass is 10.2. The zero-order chi connectivity index (χ0) is 12.0. The Morgan fingerprint density at radius 1 is 1.38 bits per heavy atom. The van der Waals surface area contributed by atoms with E-state index in [0.29, 0.717) is 6.04 Å². The van der Waals surface area contributed by atoms with Crippen molar-refractivity contribution < 1.29 is 0 Å². The van der Waals surface area contributed by atoms with E-state index in [1.807, 2.05) is 6.07 Å². The molecule has 0 fully saturated rings. The molecule has 0 aliphatic carbocycles. The maximum Gasteiger partial charge on any atom is 0.0241 e. The normalized spacial score (nSPS) is 13.1. The standard InChI is InChI=1S/C13H21BrN2/c1-11(15)6-5-9-16(2)10-12-7-3-4-8-13(12)14/h3-4,7-8,11H,5-6,9-10,15H2,1-2H3. The van der Waals surface area contributed by atoms with Crippen LogP contribution in [0.15, 0.2) is 28.7 Å². The Morgan fingerprint density at radius 3 is 2.69 bits per heavy atom. The average Bonchev–Trinajstić information content (AvgIpc) is 2.21. The van der Waals surface area contributed by atoms with Crippen molar-refractivity contribution in [1.29, 1.82) is 0 Å². The molecule has 0 heterocycles. The van der Waals surface area contributed by atoms with E-state index >= 15 is 0 Å². The highest BCUT2D eigenvalue weighted by atomic mass is 79.9. The van der Waals surface area contributed by atoms with Crippen molar-refractivity contribution in [3.8, 4) is 0 Å². The smallest absolute Gasteiger partial charge is 0.0241 e. The summed E-state index contributed by atoms with van der Waals surface area (Å²) in [4.78, 5) is 2.34. The minimum atomic E-state index is 0.317. The molecule has 2 nitrogen and oxygen atoms in total. The molecule has 0 aliphatic heterocycles.